The van der Waals surface area contributed by atoms with Crippen molar-refractivity contribution in [2.45, 2.75) is 13.0 Å². The number of nitrogens with zero attached hydrogens (tertiary/aromatic N) is 8. The van der Waals surface area contributed by atoms with E-state index in [1.165, 1.54) is 29.5 Å². The van der Waals surface area contributed by atoms with Gasteiger partial charge >= 0.3 is 11.7 Å². The van der Waals surface area contributed by atoms with E-state index in [2.05, 4.69) is 19.4 Å². The number of aromatic carboxylic acids is 1. The maximum atomic E-state index is 12.8. The van der Waals surface area contributed by atoms with E-state index < -0.39 is 16.3 Å². The fourth-order valence-corrected chi connectivity index (χ4v) is 4.15. The van der Waals surface area contributed by atoms with Crippen molar-refractivity contribution < 1.29 is 14.8 Å². The van der Waals surface area contributed by atoms with Crippen LogP contribution < -0.4 is 10.3 Å². The van der Waals surface area contributed by atoms with E-state index >= 15 is 0 Å². The summed E-state index contributed by atoms with van der Waals surface area (Å²) >= 11 is 1.05. The van der Waals surface area contributed by atoms with E-state index in [-0.39, 0.29) is 28.3 Å². The van der Waals surface area contributed by atoms with Crippen LogP contribution in [-0.4, -0.2) is 57.8 Å². The van der Waals surface area contributed by atoms with Crippen LogP contribution in [0.15, 0.2) is 35.8 Å². The van der Waals surface area contributed by atoms with E-state index in [1.54, 1.807) is 17.7 Å². The molecule has 5 heterocycles. The molecule has 13 nitrogen and oxygen atoms in total. The molecule has 1 saturated heterocycles. The van der Waals surface area contributed by atoms with Gasteiger partial charge in [-0.25, -0.2) is 14.8 Å². The summed E-state index contributed by atoms with van der Waals surface area (Å²) < 4.78 is 6.97. The molecule has 162 valence electrons. The molecular formula is C18H14N8O5S. The molecular weight excluding hydrogens is 440 g/mol. The van der Waals surface area contributed by atoms with E-state index in [1.807, 2.05) is 4.90 Å². The first-order valence-electron chi connectivity index (χ1n) is 9.34. The fraction of sp³-hybridized carbons (Fsp3) is 0.222. The molecule has 0 radical (unpaired) electrons. The fourth-order valence-electron chi connectivity index (χ4n) is 3.64. The van der Waals surface area contributed by atoms with Crippen LogP contribution in [0.4, 0.5) is 11.5 Å². The molecule has 0 amide bonds. The summed E-state index contributed by atoms with van der Waals surface area (Å²) in [6, 6.07) is 1.67. The highest BCUT2D eigenvalue weighted by molar-refractivity contribution is 7.08. The molecule has 5 rings (SSSR count). The highest BCUT2D eigenvalue weighted by Gasteiger charge is 2.32. The number of aryl methyl sites for hydroxylation is 1. The van der Waals surface area contributed by atoms with Gasteiger partial charge in [-0.05, 0) is 18.6 Å². The third-order valence-corrected chi connectivity index (χ3v) is 5.95. The molecule has 4 aromatic rings. The smallest absolute Gasteiger partial charge is 0.341 e. The zero-order valence-corrected chi connectivity index (χ0v) is 17.3. The minimum Gasteiger partial charge on any atom is -0.477 e. The molecule has 0 aliphatic carbocycles. The summed E-state index contributed by atoms with van der Waals surface area (Å²) in [5.74, 6) is -0.744. The number of anilines is 1. The molecule has 32 heavy (non-hydrogen) atoms. The number of carbonyl (C=O) groups is 1. The average Bonchev–Trinajstić information content (AvgIpc) is 3.39. The van der Waals surface area contributed by atoms with Gasteiger partial charge in [0.25, 0.3) is 0 Å². The second-order valence-electron chi connectivity index (χ2n) is 7.26. The van der Waals surface area contributed by atoms with E-state index in [9.17, 15) is 24.8 Å². The van der Waals surface area contributed by atoms with E-state index in [4.69, 9.17) is 0 Å². The Kier molecular flexibility index (Phi) is 4.44. The Morgan fingerprint density at radius 2 is 2.12 bits per heavy atom. The van der Waals surface area contributed by atoms with Crippen molar-refractivity contribution in [3.8, 4) is 5.13 Å². The zero-order valence-electron chi connectivity index (χ0n) is 16.4. The maximum Gasteiger partial charge on any atom is 0.341 e. The Hall–Kier alpha value is -4.20. The lowest BCUT2D eigenvalue weighted by atomic mass is 10.1. The van der Waals surface area contributed by atoms with Crippen molar-refractivity contribution in [1.29, 1.82) is 0 Å². The van der Waals surface area contributed by atoms with Gasteiger partial charge in [-0.2, -0.15) is 9.47 Å². The Morgan fingerprint density at radius 3 is 2.75 bits per heavy atom. The molecule has 0 aromatic carbocycles. The highest BCUT2D eigenvalue weighted by Crippen LogP contribution is 2.30. The predicted molar refractivity (Wildman–Crippen MR) is 113 cm³/mol. The normalized spacial score (nSPS) is 14.0. The molecule has 1 N–H and O–H groups in total. The van der Waals surface area contributed by atoms with Crippen LogP contribution in [0.25, 0.3) is 16.2 Å². The first kappa shape index (κ1) is 19.7. The van der Waals surface area contributed by atoms with Crippen molar-refractivity contribution in [3.63, 3.8) is 0 Å². The Morgan fingerprint density at radius 1 is 1.34 bits per heavy atom. The van der Waals surface area contributed by atoms with Crippen LogP contribution in [0.5, 0.6) is 0 Å². The number of hydrogen-bond acceptors (Lipinski definition) is 10. The van der Waals surface area contributed by atoms with Gasteiger partial charge in [0, 0.05) is 30.8 Å². The van der Waals surface area contributed by atoms with Crippen molar-refractivity contribution in [1.82, 2.24) is 28.7 Å². The second-order valence-corrected chi connectivity index (χ2v) is 8.02. The van der Waals surface area contributed by atoms with Gasteiger partial charge in [-0.3, -0.25) is 24.2 Å². The van der Waals surface area contributed by atoms with Crippen LogP contribution in [-0.2, 0) is 0 Å². The average molecular weight is 454 g/mol. The van der Waals surface area contributed by atoms with Crippen LogP contribution in [0.3, 0.4) is 0 Å². The molecule has 0 unspecified atom stereocenters. The second kappa shape index (κ2) is 7.19. The minimum atomic E-state index is -1.34. The first-order valence-corrected chi connectivity index (χ1v) is 10.1. The van der Waals surface area contributed by atoms with Gasteiger partial charge in [0.2, 0.25) is 10.6 Å². The third-order valence-electron chi connectivity index (χ3n) is 5.29. The number of carboxylic acids is 1. The van der Waals surface area contributed by atoms with Crippen LogP contribution >= 0.6 is 11.5 Å². The first-order chi connectivity index (χ1) is 15.3. The van der Waals surface area contributed by atoms with Crippen molar-refractivity contribution >= 4 is 40.0 Å². The molecule has 0 atom stereocenters. The molecule has 4 aromatic heterocycles. The summed E-state index contributed by atoms with van der Waals surface area (Å²) in [5.41, 5.74) is -0.206. The van der Waals surface area contributed by atoms with Gasteiger partial charge in [-0.1, -0.05) is 0 Å². The lowest BCUT2D eigenvalue weighted by Crippen LogP contribution is -2.48. The van der Waals surface area contributed by atoms with E-state index in [0.29, 0.717) is 29.6 Å². The van der Waals surface area contributed by atoms with Gasteiger partial charge < -0.3 is 10.0 Å². The van der Waals surface area contributed by atoms with Crippen molar-refractivity contribution in [2.75, 3.05) is 18.0 Å². The molecule has 14 heteroatoms. The summed E-state index contributed by atoms with van der Waals surface area (Å²) in [5, 5.41) is 25.0. The van der Waals surface area contributed by atoms with Crippen molar-refractivity contribution in [2.24, 2.45) is 0 Å². The summed E-state index contributed by atoms with van der Waals surface area (Å²) in [7, 11) is 0. The van der Waals surface area contributed by atoms with Gasteiger partial charge in [-0.15, -0.1) is 0 Å². The summed E-state index contributed by atoms with van der Waals surface area (Å²) in [4.78, 5) is 45.5. The molecule has 1 fully saturated rings. The van der Waals surface area contributed by atoms with Crippen LogP contribution in [0, 0.1) is 17.0 Å². The standard InChI is InChI=1S/C18H14N8O5S/c1-9-2-13(23-4-11(5-23)25-6-10(3-20-25)26(30)31)22-16-14(9)15(27)12(17(28)29)7-24(16)18-19-8-21-32-18/h2-3,6-8,11H,4-5H2,1H3,(H,28,29). The van der Waals surface area contributed by atoms with Crippen LogP contribution in [0.1, 0.15) is 22.0 Å². The Bertz CT molecular complexity index is 1440. The highest BCUT2D eigenvalue weighted by atomic mass is 32.1. The predicted octanol–water partition coefficient (Wildman–Crippen LogP) is 1.41. The number of carboxylic acid groups (broad SMARTS) is 1. The van der Waals surface area contributed by atoms with Crippen LogP contribution in [0.2, 0.25) is 0 Å². The van der Waals surface area contributed by atoms with Gasteiger partial charge in [0.05, 0.1) is 16.4 Å². The van der Waals surface area contributed by atoms with Gasteiger partial charge in [0.15, 0.2) is 5.65 Å². The lowest BCUT2D eigenvalue weighted by molar-refractivity contribution is -0.385. The number of fused-ring (bicyclic) bond motifs is 1. The number of hydrogen-bond donors (Lipinski definition) is 1. The maximum absolute atomic E-state index is 12.8. The molecule has 1 aliphatic rings. The monoisotopic (exact) mass is 454 g/mol. The number of nitro groups is 1. The number of aromatic nitrogens is 6. The minimum absolute atomic E-state index is 0.0544. The number of pyridine rings is 2. The van der Waals surface area contributed by atoms with Gasteiger partial charge in [0.1, 0.15) is 30.1 Å². The molecule has 1 aliphatic heterocycles. The Labute approximate surface area is 182 Å². The molecule has 0 spiro atoms. The SMILES string of the molecule is Cc1cc(N2CC(n3cc([N+](=O)[O-])cn3)C2)nc2c1c(=O)c(C(=O)O)cn2-c1ncns1. The third kappa shape index (κ3) is 3.08. The molecule has 0 saturated carbocycles. The Balaban J connectivity index is 1.55. The quantitative estimate of drug-likeness (QED) is 0.344. The summed E-state index contributed by atoms with van der Waals surface area (Å²) in [6.07, 6.45) is 5.15. The lowest BCUT2D eigenvalue weighted by Gasteiger charge is -2.40. The largest absolute Gasteiger partial charge is 0.477 e. The van der Waals surface area contributed by atoms with E-state index in [0.717, 1.165) is 11.5 Å². The zero-order chi connectivity index (χ0) is 22.6. The summed E-state index contributed by atoms with van der Waals surface area (Å²) in [6.45, 7) is 2.76. The molecule has 0 bridgehead atoms. The topological polar surface area (TPSA) is 162 Å². The number of rotatable bonds is 5. The van der Waals surface area contributed by atoms with Crippen molar-refractivity contribution in [3.05, 3.63) is 62.4 Å².